The number of hydrogen-bond acceptors (Lipinski definition) is 3. The summed E-state index contributed by atoms with van der Waals surface area (Å²) in [6.07, 6.45) is 5.36. The molecule has 2 N–H and O–H groups in total. The van der Waals surface area contributed by atoms with E-state index in [0.717, 1.165) is 38.9 Å². The molecule has 2 rings (SSSR count). The van der Waals surface area contributed by atoms with E-state index < -0.39 is 0 Å². The molecule has 0 bridgehead atoms. The van der Waals surface area contributed by atoms with Crippen LogP contribution < -0.4 is 5.73 Å². The Hall–Kier alpha value is -0.120. The Morgan fingerprint density at radius 1 is 1.00 bits per heavy atom. The quantitative estimate of drug-likeness (QED) is 0.664. The van der Waals surface area contributed by atoms with Gasteiger partial charge in [-0.05, 0) is 25.7 Å². The van der Waals surface area contributed by atoms with E-state index in [9.17, 15) is 0 Å². The average Bonchev–Trinajstić information content (AvgIpc) is 2.00. The summed E-state index contributed by atoms with van der Waals surface area (Å²) in [6.45, 7) is 1.59. The first kappa shape index (κ1) is 8.48. The first-order valence-corrected chi connectivity index (χ1v) is 4.83. The zero-order valence-electron chi connectivity index (χ0n) is 7.37. The fraction of sp³-hybridized carbons (Fsp3) is 1.00. The number of rotatable bonds is 2. The normalized spacial score (nSPS) is 37.8. The van der Waals surface area contributed by atoms with E-state index in [-0.39, 0.29) is 0 Å². The van der Waals surface area contributed by atoms with Crippen LogP contribution in [0.15, 0.2) is 0 Å². The third kappa shape index (κ3) is 1.97. The lowest BCUT2D eigenvalue weighted by molar-refractivity contribution is -0.160. The smallest absolute Gasteiger partial charge is 0.104 e. The predicted molar refractivity (Wildman–Crippen MR) is 45.9 cm³/mol. The van der Waals surface area contributed by atoms with Gasteiger partial charge in [-0.25, -0.2) is 0 Å². The third-order valence-electron chi connectivity index (χ3n) is 2.71. The molecule has 3 heteroatoms. The van der Waals surface area contributed by atoms with Crippen LogP contribution in [0.5, 0.6) is 0 Å². The molecule has 3 nitrogen and oxygen atoms in total. The second-order valence-corrected chi connectivity index (χ2v) is 3.83. The van der Waals surface area contributed by atoms with Gasteiger partial charge in [-0.2, -0.15) is 0 Å². The molecule has 0 amide bonds. The molecule has 0 radical (unpaired) electrons. The maximum atomic E-state index is 5.80. The largest absolute Gasteiger partial charge is 0.376 e. The maximum Gasteiger partial charge on any atom is 0.104 e. The summed E-state index contributed by atoms with van der Waals surface area (Å²) in [5.41, 5.74) is 5.79. The Morgan fingerprint density at radius 2 is 1.67 bits per heavy atom. The van der Waals surface area contributed by atoms with Crippen molar-refractivity contribution in [3.63, 3.8) is 0 Å². The van der Waals surface area contributed by atoms with Crippen molar-refractivity contribution in [1.82, 2.24) is 0 Å². The Labute approximate surface area is 73.2 Å². The van der Waals surface area contributed by atoms with Crippen LogP contribution in [0.1, 0.15) is 25.7 Å². The fourth-order valence-electron chi connectivity index (χ4n) is 1.79. The van der Waals surface area contributed by atoms with Gasteiger partial charge in [-0.1, -0.05) is 0 Å². The lowest BCUT2D eigenvalue weighted by Gasteiger charge is -2.33. The summed E-state index contributed by atoms with van der Waals surface area (Å²) in [5, 5.41) is 0. The van der Waals surface area contributed by atoms with E-state index in [4.69, 9.17) is 15.2 Å². The van der Waals surface area contributed by atoms with Crippen LogP contribution >= 0.6 is 0 Å². The van der Waals surface area contributed by atoms with E-state index >= 15 is 0 Å². The van der Waals surface area contributed by atoms with Gasteiger partial charge in [0.1, 0.15) is 6.10 Å². The highest BCUT2D eigenvalue weighted by molar-refractivity contribution is 4.77. The minimum Gasteiger partial charge on any atom is -0.376 e. The summed E-state index contributed by atoms with van der Waals surface area (Å²) >= 11 is 0. The SMILES string of the molecule is NC1CCC(OC2COC2)CC1. The second kappa shape index (κ2) is 3.73. The summed E-state index contributed by atoms with van der Waals surface area (Å²) in [5.74, 6) is 0. The van der Waals surface area contributed by atoms with E-state index in [1.807, 2.05) is 0 Å². The van der Waals surface area contributed by atoms with E-state index in [1.54, 1.807) is 0 Å². The summed E-state index contributed by atoms with van der Waals surface area (Å²) in [7, 11) is 0. The van der Waals surface area contributed by atoms with Crippen molar-refractivity contribution in [2.45, 2.75) is 43.9 Å². The van der Waals surface area contributed by atoms with Crippen molar-refractivity contribution in [3.05, 3.63) is 0 Å². The van der Waals surface area contributed by atoms with E-state index in [1.165, 1.54) is 0 Å². The Balaban J connectivity index is 1.67. The molecule has 0 atom stereocenters. The van der Waals surface area contributed by atoms with Crippen LogP contribution in [0.25, 0.3) is 0 Å². The summed E-state index contributed by atoms with van der Waals surface area (Å²) < 4.78 is 10.8. The van der Waals surface area contributed by atoms with Crippen LogP contribution in [0.3, 0.4) is 0 Å². The molecular weight excluding hydrogens is 154 g/mol. The highest BCUT2D eigenvalue weighted by Gasteiger charge is 2.26. The lowest BCUT2D eigenvalue weighted by atomic mass is 9.93. The molecule has 1 saturated carbocycles. The topological polar surface area (TPSA) is 44.5 Å². The molecular formula is C9H17NO2. The predicted octanol–water partition coefficient (Wildman–Crippen LogP) is 0.672. The first-order valence-electron chi connectivity index (χ1n) is 4.83. The molecule has 0 aromatic rings. The van der Waals surface area contributed by atoms with E-state index in [0.29, 0.717) is 18.2 Å². The van der Waals surface area contributed by atoms with Crippen LogP contribution in [0.2, 0.25) is 0 Å². The van der Waals surface area contributed by atoms with Gasteiger partial charge in [-0.15, -0.1) is 0 Å². The minimum absolute atomic E-state index is 0.379. The highest BCUT2D eigenvalue weighted by Crippen LogP contribution is 2.22. The van der Waals surface area contributed by atoms with Gasteiger partial charge < -0.3 is 15.2 Å². The Bertz CT molecular complexity index is 139. The molecule has 0 unspecified atom stereocenters. The van der Waals surface area contributed by atoms with Crippen LogP contribution in [-0.4, -0.2) is 31.5 Å². The van der Waals surface area contributed by atoms with Gasteiger partial charge in [0, 0.05) is 6.04 Å². The number of ether oxygens (including phenoxy) is 2. The van der Waals surface area contributed by atoms with Gasteiger partial charge >= 0.3 is 0 Å². The van der Waals surface area contributed by atoms with Crippen molar-refractivity contribution in [2.24, 2.45) is 5.73 Å². The van der Waals surface area contributed by atoms with Crippen LogP contribution in [-0.2, 0) is 9.47 Å². The highest BCUT2D eigenvalue weighted by atomic mass is 16.6. The zero-order chi connectivity index (χ0) is 8.39. The molecule has 2 fully saturated rings. The molecule has 0 aromatic carbocycles. The van der Waals surface area contributed by atoms with Crippen LogP contribution in [0.4, 0.5) is 0 Å². The van der Waals surface area contributed by atoms with Crippen molar-refractivity contribution in [1.29, 1.82) is 0 Å². The van der Waals surface area contributed by atoms with Crippen molar-refractivity contribution in [2.75, 3.05) is 13.2 Å². The molecule has 1 saturated heterocycles. The summed E-state index contributed by atoms with van der Waals surface area (Å²) in [4.78, 5) is 0. The van der Waals surface area contributed by atoms with E-state index in [2.05, 4.69) is 0 Å². The van der Waals surface area contributed by atoms with Gasteiger partial charge in [0.15, 0.2) is 0 Å². The van der Waals surface area contributed by atoms with Gasteiger partial charge in [0.05, 0.1) is 19.3 Å². The molecule has 1 aliphatic carbocycles. The fourth-order valence-corrected chi connectivity index (χ4v) is 1.79. The monoisotopic (exact) mass is 171 g/mol. The Morgan fingerprint density at radius 3 is 2.17 bits per heavy atom. The maximum absolute atomic E-state index is 5.80. The Kier molecular flexibility index (Phi) is 2.63. The molecule has 70 valence electrons. The van der Waals surface area contributed by atoms with Gasteiger partial charge in [0.25, 0.3) is 0 Å². The lowest BCUT2D eigenvalue weighted by Crippen LogP contribution is -2.41. The second-order valence-electron chi connectivity index (χ2n) is 3.83. The van der Waals surface area contributed by atoms with Crippen molar-refractivity contribution < 1.29 is 9.47 Å². The number of nitrogens with two attached hydrogens (primary N) is 1. The standard InChI is InChI=1S/C9H17NO2/c10-7-1-3-8(4-2-7)12-9-5-11-6-9/h7-9H,1-6,10H2. The third-order valence-corrected chi connectivity index (χ3v) is 2.71. The average molecular weight is 171 g/mol. The van der Waals surface area contributed by atoms with Crippen LogP contribution in [0, 0.1) is 0 Å². The molecule has 0 spiro atoms. The molecule has 1 aliphatic heterocycles. The molecule has 1 heterocycles. The molecule has 0 aromatic heterocycles. The van der Waals surface area contributed by atoms with Gasteiger partial charge in [0.2, 0.25) is 0 Å². The molecule has 2 aliphatic rings. The molecule has 12 heavy (non-hydrogen) atoms. The summed E-state index contributed by atoms with van der Waals surface area (Å²) in [6, 6.07) is 0.419. The zero-order valence-corrected chi connectivity index (χ0v) is 7.37. The van der Waals surface area contributed by atoms with Crippen molar-refractivity contribution in [3.8, 4) is 0 Å². The number of hydrogen-bond donors (Lipinski definition) is 1. The minimum atomic E-state index is 0.379. The van der Waals surface area contributed by atoms with Gasteiger partial charge in [-0.3, -0.25) is 0 Å². The van der Waals surface area contributed by atoms with Crippen molar-refractivity contribution >= 4 is 0 Å². The first-order chi connectivity index (χ1) is 5.84.